The predicted octanol–water partition coefficient (Wildman–Crippen LogP) is 4.04. The van der Waals surface area contributed by atoms with Crippen molar-refractivity contribution >= 4 is 50.3 Å². The Morgan fingerprint density at radius 2 is 1.97 bits per heavy atom. The summed E-state index contributed by atoms with van der Waals surface area (Å²) in [6, 6.07) is 12.2. The average molecular weight is 472 g/mol. The van der Waals surface area contributed by atoms with Crippen LogP contribution < -0.4 is 20.1 Å². The monoisotopic (exact) mass is 471 g/mol. The largest absolute Gasteiger partial charge is 0.454 e. The maximum absolute atomic E-state index is 12.8. The number of aromatic nitrogens is 1. The van der Waals surface area contributed by atoms with Crippen LogP contribution in [0.25, 0.3) is 6.08 Å². The van der Waals surface area contributed by atoms with Gasteiger partial charge in [-0.25, -0.2) is 4.98 Å². The van der Waals surface area contributed by atoms with Gasteiger partial charge in [0.2, 0.25) is 6.79 Å². The van der Waals surface area contributed by atoms with E-state index in [2.05, 4.69) is 31.5 Å². The lowest BCUT2D eigenvalue weighted by Crippen LogP contribution is -2.30. The molecular formula is C20H14BrN3O4S. The van der Waals surface area contributed by atoms with Gasteiger partial charge in [0.1, 0.15) is 5.70 Å². The summed E-state index contributed by atoms with van der Waals surface area (Å²) in [4.78, 5) is 29.6. The molecule has 0 bridgehead atoms. The van der Waals surface area contributed by atoms with Gasteiger partial charge >= 0.3 is 0 Å². The Morgan fingerprint density at radius 3 is 2.76 bits per heavy atom. The Bertz CT molecular complexity index is 1100. The number of rotatable bonds is 5. The van der Waals surface area contributed by atoms with Crippen LogP contribution in [0, 0.1) is 0 Å². The lowest BCUT2D eigenvalue weighted by Gasteiger charge is -2.11. The van der Waals surface area contributed by atoms with Crippen LogP contribution in [0.4, 0.5) is 5.13 Å². The van der Waals surface area contributed by atoms with Crippen LogP contribution in [-0.2, 0) is 4.79 Å². The van der Waals surface area contributed by atoms with E-state index in [4.69, 9.17) is 9.47 Å². The zero-order chi connectivity index (χ0) is 20.2. The number of benzene rings is 2. The topological polar surface area (TPSA) is 89.6 Å². The highest BCUT2D eigenvalue weighted by atomic mass is 79.9. The molecule has 0 unspecified atom stereocenters. The zero-order valence-electron chi connectivity index (χ0n) is 14.8. The van der Waals surface area contributed by atoms with Crippen molar-refractivity contribution in [2.75, 3.05) is 12.1 Å². The molecule has 0 fully saturated rings. The van der Waals surface area contributed by atoms with Gasteiger partial charge in [0, 0.05) is 16.0 Å². The molecule has 1 aliphatic rings. The first-order valence-electron chi connectivity index (χ1n) is 8.48. The number of hydrogen-bond donors (Lipinski definition) is 2. The van der Waals surface area contributed by atoms with Gasteiger partial charge < -0.3 is 14.8 Å². The van der Waals surface area contributed by atoms with Gasteiger partial charge in [-0.15, -0.1) is 11.3 Å². The second-order valence-electron chi connectivity index (χ2n) is 5.90. The van der Waals surface area contributed by atoms with Gasteiger partial charge in [-0.05, 0) is 51.8 Å². The van der Waals surface area contributed by atoms with Gasteiger partial charge in [0.25, 0.3) is 11.8 Å². The van der Waals surface area contributed by atoms with Crippen molar-refractivity contribution < 1.29 is 19.1 Å². The van der Waals surface area contributed by atoms with E-state index in [9.17, 15) is 9.59 Å². The predicted molar refractivity (Wildman–Crippen MR) is 113 cm³/mol. The Kier molecular flexibility index (Phi) is 5.59. The van der Waals surface area contributed by atoms with Crippen LogP contribution in [-0.4, -0.2) is 23.6 Å². The van der Waals surface area contributed by atoms with Crippen molar-refractivity contribution in [1.29, 1.82) is 0 Å². The second kappa shape index (κ2) is 8.46. The molecule has 0 radical (unpaired) electrons. The number of anilines is 1. The minimum atomic E-state index is -0.488. The third-order valence-electron chi connectivity index (χ3n) is 3.97. The maximum atomic E-state index is 12.8. The minimum absolute atomic E-state index is 0.0693. The van der Waals surface area contributed by atoms with Gasteiger partial charge in [-0.2, -0.15) is 0 Å². The Labute approximate surface area is 178 Å². The fourth-order valence-electron chi connectivity index (χ4n) is 2.61. The Balaban J connectivity index is 1.64. The number of nitrogens with zero attached hydrogens (tertiary/aromatic N) is 1. The van der Waals surface area contributed by atoms with Crippen molar-refractivity contribution in [3.63, 3.8) is 0 Å². The van der Waals surface area contributed by atoms with Crippen molar-refractivity contribution in [2.45, 2.75) is 0 Å². The van der Waals surface area contributed by atoms with E-state index in [0.717, 1.165) is 0 Å². The first-order chi connectivity index (χ1) is 14.1. The number of carbonyl (C=O) groups is 2. The summed E-state index contributed by atoms with van der Waals surface area (Å²) in [5, 5.41) is 7.55. The van der Waals surface area contributed by atoms with E-state index < -0.39 is 11.8 Å². The second-order valence-corrected chi connectivity index (χ2v) is 7.64. The molecule has 2 amide bonds. The normalized spacial score (nSPS) is 12.5. The van der Waals surface area contributed by atoms with Crippen LogP contribution in [0.1, 0.15) is 15.9 Å². The molecule has 3 aromatic rings. The van der Waals surface area contributed by atoms with Crippen molar-refractivity contribution in [3.05, 3.63) is 75.3 Å². The highest BCUT2D eigenvalue weighted by Crippen LogP contribution is 2.33. The Hall–Kier alpha value is -3.17. The standard InChI is InChI=1S/C20H14BrN3O4S/c21-14-4-2-1-3-13(14)18(25)23-15(19(26)24-20-22-7-8-29-20)9-12-5-6-16-17(10-12)28-11-27-16/h1-10H,11H2,(H,23,25)(H,22,24,26)/b15-9-. The third kappa shape index (κ3) is 4.47. The summed E-state index contributed by atoms with van der Waals surface area (Å²) in [5.41, 5.74) is 1.15. The molecule has 2 heterocycles. The smallest absolute Gasteiger partial charge is 0.273 e. The quantitative estimate of drug-likeness (QED) is 0.548. The first kappa shape index (κ1) is 19.2. The van der Waals surface area contributed by atoms with E-state index in [1.807, 2.05) is 0 Å². The molecule has 146 valence electrons. The molecule has 2 N–H and O–H groups in total. The first-order valence-corrected chi connectivity index (χ1v) is 10.2. The van der Waals surface area contributed by atoms with E-state index in [1.165, 1.54) is 11.3 Å². The van der Waals surface area contributed by atoms with Gasteiger partial charge in [-0.1, -0.05) is 18.2 Å². The molecule has 0 spiro atoms. The average Bonchev–Trinajstić information content (AvgIpc) is 3.39. The molecule has 7 nitrogen and oxygen atoms in total. The van der Waals surface area contributed by atoms with Crippen molar-refractivity contribution in [2.24, 2.45) is 0 Å². The molecule has 0 atom stereocenters. The summed E-state index contributed by atoms with van der Waals surface area (Å²) in [7, 11) is 0. The van der Waals surface area contributed by atoms with Gasteiger partial charge in [-0.3, -0.25) is 14.9 Å². The number of thiazole rings is 1. The van der Waals surface area contributed by atoms with E-state index in [-0.39, 0.29) is 12.5 Å². The molecule has 9 heteroatoms. The van der Waals surface area contributed by atoms with Crippen molar-refractivity contribution in [3.8, 4) is 11.5 Å². The van der Waals surface area contributed by atoms with Crippen LogP contribution in [0.2, 0.25) is 0 Å². The van der Waals surface area contributed by atoms with Crippen LogP contribution in [0.15, 0.2) is 64.2 Å². The van der Waals surface area contributed by atoms with E-state index >= 15 is 0 Å². The van der Waals surface area contributed by atoms with Gasteiger partial charge in [0.15, 0.2) is 16.6 Å². The number of halogens is 1. The number of nitrogens with one attached hydrogen (secondary N) is 2. The molecule has 1 aliphatic heterocycles. The molecule has 4 rings (SSSR count). The molecule has 0 saturated carbocycles. The number of carbonyl (C=O) groups excluding carboxylic acids is 2. The molecule has 0 saturated heterocycles. The maximum Gasteiger partial charge on any atom is 0.273 e. The number of fused-ring (bicyclic) bond motifs is 1. The van der Waals surface area contributed by atoms with Crippen LogP contribution in [0.3, 0.4) is 0 Å². The highest BCUT2D eigenvalue weighted by molar-refractivity contribution is 9.10. The highest BCUT2D eigenvalue weighted by Gasteiger charge is 2.18. The fraction of sp³-hybridized carbons (Fsp3) is 0.0500. The van der Waals surface area contributed by atoms with E-state index in [0.29, 0.717) is 32.2 Å². The molecular weight excluding hydrogens is 458 g/mol. The lowest BCUT2D eigenvalue weighted by atomic mass is 10.1. The Morgan fingerprint density at radius 1 is 1.14 bits per heavy atom. The lowest BCUT2D eigenvalue weighted by molar-refractivity contribution is -0.113. The van der Waals surface area contributed by atoms with E-state index in [1.54, 1.807) is 60.1 Å². The summed E-state index contributed by atoms with van der Waals surface area (Å²) in [5.74, 6) is 0.306. The van der Waals surface area contributed by atoms with Crippen molar-refractivity contribution in [1.82, 2.24) is 10.3 Å². The summed E-state index contributed by atoms with van der Waals surface area (Å²) in [6.45, 7) is 0.151. The SMILES string of the molecule is O=C(Nc1nccs1)/C(=C/c1ccc2c(c1)OCO2)NC(=O)c1ccccc1Br. The summed E-state index contributed by atoms with van der Waals surface area (Å²) >= 11 is 4.64. The fourth-order valence-corrected chi connectivity index (χ4v) is 3.60. The van der Waals surface area contributed by atoms with Crippen LogP contribution >= 0.6 is 27.3 Å². The third-order valence-corrected chi connectivity index (χ3v) is 5.35. The number of hydrogen-bond acceptors (Lipinski definition) is 6. The zero-order valence-corrected chi connectivity index (χ0v) is 17.2. The number of ether oxygens (including phenoxy) is 2. The minimum Gasteiger partial charge on any atom is -0.454 e. The molecule has 2 aromatic carbocycles. The molecule has 1 aromatic heterocycles. The number of amides is 2. The molecule has 0 aliphatic carbocycles. The van der Waals surface area contributed by atoms with Crippen LogP contribution in [0.5, 0.6) is 11.5 Å². The summed E-state index contributed by atoms with van der Waals surface area (Å²) < 4.78 is 11.3. The summed E-state index contributed by atoms with van der Waals surface area (Å²) in [6.07, 6.45) is 3.15. The molecule has 29 heavy (non-hydrogen) atoms. The van der Waals surface area contributed by atoms with Gasteiger partial charge in [0.05, 0.1) is 5.56 Å².